The molecule has 1 aliphatic rings. The molecule has 210 valence electrons. The molecule has 2 N–H and O–H groups in total. The fourth-order valence-corrected chi connectivity index (χ4v) is 4.56. The van der Waals surface area contributed by atoms with Gasteiger partial charge in [0.2, 0.25) is 0 Å². The van der Waals surface area contributed by atoms with Gasteiger partial charge in [0.25, 0.3) is 0 Å². The van der Waals surface area contributed by atoms with E-state index < -0.39 is 6.09 Å². The monoisotopic (exact) mass is 522 g/mol. The summed E-state index contributed by atoms with van der Waals surface area (Å²) in [5.74, 6) is 0.833. The van der Waals surface area contributed by atoms with Crippen LogP contribution in [-0.4, -0.2) is 47.9 Å². The summed E-state index contributed by atoms with van der Waals surface area (Å²) in [4.78, 5) is 14.2. The third kappa shape index (κ3) is 10.5. The highest BCUT2D eigenvalue weighted by molar-refractivity contribution is 5.86. The number of β-amino-alcohol motifs (C(OH)–C–C–N with tert-alkyl or cyclic N) is 1. The second-order valence-electron chi connectivity index (χ2n) is 12.0. The number of nitrogens with zero attached hydrogens (tertiary/aromatic N) is 1. The molecule has 38 heavy (non-hydrogen) atoms. The van der Waals surface area contributed by atoms with E-state index in [1.54, 1.807) is 0 Å². The van der Waals surface area contributed by atoms with Crippen molar-refractivity contribution in [3.05, 3.63) is 65.9 Å². The van der Waals surface area contributed by atoms with Gasteiger partial charge in [-0.1, -0.05) is 90.6 Å². The van der Waals surface area contributed by atoms with Crippen LogP contribution in [0.2, 0.25) is 0 Å². The van der Waals surface area contributed by atoms with Crippen molar-refractivity contribution in [1.82, 2.24) is 10.2 Å². The molecule has 1 saturated heterocycles. The number of ether oxygens (including phenoxy) is 1. The molecule has 0 radical (unpaired) electrons. The van der Waals surface area contributed by atoms with Gasteiger partial charge in [-0.2, -0.15) is 0 Å². The Kier molecular flexibility index (Phi) is 12.4. The lowest BCUT2D eigenvalue weighted by atomic mass is 9.85. The molecule has 2 aromatic rings. The normalized spacial score (nSPS) is 17.6. The van der Waals surface area contributed by atoms with Gasteiger partial charge < -0.3 is 20.1 Å². The van der Waals surface area contributed by atoms with Crippen LogP contribution >= 0.6 is 0 Å². The molecule has 2 atom stereocenters. The lowest BCUT2D eigenvalue weighted by molar-refractivity contribution is 0.128. The third-order valence-electron chi connectivity index (χ3n) is 6.76. The molecular formula is C33H50N2O3. The number of carbonyl (C=O) groups is 1. The van der Waals surface area contributed by atoms with Crippen molar-refractivity contribution in [2.75, 3.05) is 19.7 Å². The minimum atomic E-state index is -0.427. The van der Waals surface area contributed by atoms with Crippen molar-refractivity contribution >= 4 is 22.9 Å². The smallest absolute Gasteiger partial charge is 0.407 e. The Morgan fingerprint density at radius 3 is 2.45 bits per heavy atom. The van der Waals surface area contributed by atoms with E-state index >= 15 is 0 Å². The fourth-order valence-electron chi connectivity index (χ4n) is 4.56. The summed E-state index contributed by atoms with van der Waals surface area (Å²) >= 11 is 0. The van der Waals surface area contributed by atoms with Gasteiger partial charge in [0.05, 0.1) is 19.3 Å². The maximum atomic E-state index is 12.1. The van der Waals surface area contributed by atoms with E-state index in [-0.39, 0.29) is 17.6 Å². The minimum Gasteiger partial charge on any atom is -0.450 e. The predicted octanol–water partition coefficient (Wildman–Crippen LogP) is 7.58. The Bertz CT molecular complexity index is 1070. The summed E-state index contributed by atoms with van der Waals surface area (Å²) < 4.78 is 5.41. The fraction of sp³-hybridized carbons (Fsp3) is 0.545. The van der Waals surface area contributed by atoms with Crippen molar-refractivity contribution in [2.24, 2.45) is 11.3 Å². The quantitative estimate of drug-likeness (QED) is 0.338. The van der Waals surface area contributed by atoms with Crippen LogP contribution in [0.3, 0.4) is 0 Å². The Balaban J connectivity index is 0.00000118. The van der Waals surface area contributed by atoms with Gasteiger partial charge in [-0.25, -0.2) is 4.79 Å². The molecule has 0 aromatic heterocycles. The molecule has 0 saturated carbocycles. The largest absolute Gasteiger partial charge is 0.450 e. The number of nitrogens with one attached hydrogen (secondary N) is 1. The molecule has 2 unspecified atom stereocenters. The van der Waals surface area contributed by atoms with Crippen molar-refractivity contribution in [3.63, 3.8) is 0 Å². The number of hydrogen-bond acceptors (Lipinski definition) is 4. The van der Waals surface area contributed by atoms with Gasteiger partial charge in [-0.3, -0.25) is 0 Å². The number of alkyl carbamates (subject to hydrolysis) is 1. The average molecular weight is 523 g/mol. The molecule has 2 aromatic carbocycles. The van der Waals surface area contributed by atoms with E-state index in [1.165, 1.54) is 21.9 Å². The molecule has 0 aliphatic carbocycles. The zero-order chi connectivity index (χ0) is 28.3. The number of aliphatic hydroxyl groups excluding tert-OH is 1. The van der Waals surface area contributed by atoms with E-state index in [4.69, 9.17) is 4.74 Å². The molecule has 1 aliphatic heterocycles. The van der Waals surface area contributed by atoms with E-state index in [2.05, 4.69) is 109 Å². The number of hydrogen-bond donors (Lipinski definition) is 2. The first-order valence-corrected chi connectivity index (χ1v) is 14.1. The van der Waals surface area contributed by atoms with Crippen LogP contribution in [0.25, 0.3) is 16.8 Å². The van der Waals surface area contributed by atoms with E-state index in [0.717, 1.165) is 37.3 Å². The topological polar surface area (TPSA) is 61.8 Å². The molecule has 1 fully saturated rings. The first kappa shape index (κ1) is 31.4. The Hall–Kier alpha value is -2.79. The van der Waals surface area contributed by atoms with Gasteiger partial charge >= 0.3 is 6.09 Å². The summed E-state index contributed by atoms with van der Waals surface area (Å²) in [7, 11) is 0. The zero-order valence-corrected chi connectivity index (χ0v) is 24.7. The second-order valence-corrected chi connectivity index (χ2v) is 12.0. The number of allylic oxidation sites excluding steroid dienone is 1. The summed E-state index contributed by atoms with van der Waals surface area (Å²) in [6.45, 7) is 20.4. The first-order chi connectivity index (χ1) is 17.9. The highest BCUT2D eigenvalue weighted by atomic mass is 16.5. The van der Waals surface area contributed by atoms with Crippen molar-refractivity contribution in [1.29, 1.82) is 0 Å². The Morgan fingerprint density at radius 1 is 1.24 bits per heavy atom. The third-order valence-corrected chi connectivity index (χ3v) is 6.76. The van der Waals surface area contributed by atoms with Crippen LogP contribution in [0.4, 0.5) is 4.79 Å². The van der Waals surface area contributed by atoms with E-state index in [1.807, 2.05) is 4.90 Å². The van der Waals surface area contributed by atoms with Crippen molar-refractivity contribution in [2.45, 2.75) is 86.3 Å². The average Bonchev–Trinajstić information content (AvgIpc) is 3.19. The lowest BCUT2D eigenvalue weighted by Crippen LogP contribution is -2.35. The number of aliphatic hydroxyl groups is 1. The molecular weight excluding hydrogens is 472 g/mol. The van der Waals surface area contributed by atoms with Gasteiger partial charge in [0, 0.05) is 18.3 Å². The SMILES string of the molecule is C=C(CNC(=O)OCCC(C)(C)C/C=C/c1cc2ccccc2cc1CC)N1CC(O)CC1C.CC(C)C. The highest BCUT2D eigenvalue weighted by Gasteiger charge is 2.28. The standard InChI is InChI=1S/C29H40N2O3.C4H10/c1-6-23-17-25-10-7-8-11-26(25)18-24(23)12-9-13-29(4,5)14-15-34-28(33)30-19-22(3)31-20-27(32)16-21(31)2;1-4(2)3/h7-12,17-18,21,27,32H,3,6,13-16,19-20H2,1-2,4-5H3,(H,30,33);4H,1-3H3/b12-9+;. The van der Waals surface area contributed by atoms with Gasteiger partial charge in [-0.15, -0.1) is 0 Å². The first-order valence-electron chi connectivity index (χ1n) is 14.1. The van der Waals surface area contributed by atoms with Crippen LogP contribution < -0.4 is 5.32 Å². The Labute approximate surface area is 231 Å². The van der Waals surface area contributed by atoms with Crippen molar-refractivity contribution in [3.8, 4) is 0 Å². The molecule has 0 spiro atoms. The summed E-state index contributed by atoms with van der Waals surface area (Å²) in [5, 5.41) is 15.1. The summed E-state index contributed by atoms with van der Waals surface area (Å²) in [5.41, 5.74) is 3.44. The Morgan fingerprint density at radius 2 is 1.87 bits per heavy atom. The molecule has 0 bridgehead atoms. The minimum absolute atomic E-state index is 0.0186. The number of rotatable bonds is 10. The maximum absolute atomic E-state index is 12.1. The van der Waals surface area contributed by atoms with Crippen LogP contribution in [0, 0.1) is 11.3 Å². The van der Waals surface area contributed by atoms with Crippen LogP contribution in [-0.2, 0) is 11.2 Å². The summed E-state index contributed by atoms with van der Waals surface area (Å²) in [6, 6.07) is 13.3. The number of fused-ring (bicyclic) bond motifs is 1. The lowest BCUT2D eigenvalue weighted by Gasteiger charge is -2.26. The van der Waals surface area contributed by atoms with Gasteiger partial charge in [0.1, 0.15) is 0 Å². The van der Waals surface area contributed by atoms with Gasteiger partial charge in [0.15, 0.2) is 0 Å². The molecule has 5 heteroatoms. The molecule has 1 amide bonds. The number of benzene rings is 2. The number of likely N-dealkylation sites (tertiary alicyclic amines) is 1. The van der Waals surface area contributed by atoms with Gasteiger partial charge in [-0.05, 0) is 71.9 Å². The van der Waals surface area contributed by atoms with E-state index in [0.29, 0.717) is 19.7 Å². The maximum Gasteiger partial charge on any atom is 0.407 e. The van der Waals surface area contributed by atoms with Crippen LogP contribution in [0.1, 0.15) is 78.9 Å². The second kappa shape index (κ2) is 15.0. The number of aryl methyl sites for hydroxylation is 1. The molecule has 1 heterocycles. The highest BCUT2D eigenvalue weighted by Crippen LogP contribution is 2.27. The summed E-state index contributed by atoms with van der Waals surface area (Å²) in [6.07, 6.45) is 7.11. The van der Waals surface area contributed by atoms with Crippen LogP contribution in [0.5, 0.6) is 0 Å². The molecule has 3 rings (SSSR count). The van der Waals surface area contributed by atoms with Crippen molar-refractivity contribution < 1.29 is 14.6 Å². The number of amides is 1. The molecule has 5 nitrogen and oxygen atoms in total. The number of carbonyl (C=O) groups excluding carboxylic acids is 1. The van der Waals surface area contributed by atoms with Crippen LogP contribution in [0.15, 0.2) is 54.8 Å². The zero-order valence-electron chi connectivity index (χ0n) is 24.7. The van der Waals surface area contributed by atoms with E-state index in [9.17, 15) is 9.90 Å². The predicted molar refractivity (Wildman–Crippen MR) is 161 cm³/mol.